The SMILES string of the molecule is NCC1CCC(NS(=O)(=O)c2ccccc2[N+](=O)[O-])(C(=O)O)C1. The maximum absolute atomic E-state index is 12.5. The lowest BCUT2D eigenvalue weighted by Gasteiger charge is -2.25. The lowest BCUT2D eigenvalue weighted by Crippen LogP contribution is -2.52. The number of hydrogen-bond donors (Lipinski definition) is 3. The van der Waals surface area contributed by atoms with Crippen LogP contribution in [-0.2, 0) is 14.8 Å². The molecule has 4 N–H and O–H groups in total. The number of nitrogens with one attached hydrogen (secondary N) is 1. The minimum atomic E-state index is -4.37. The summed E-state index contributed by atoms with van der Waals surface area (Å²) in [6, 6.07) is 4.81. The number of para-hydroxylation sites is 1. The summed E-state index contributed by atoms with van der Waals surface area (Å²) in [6.45, 7) is 0.252. The van der Waals surface area contributed by atoms with Crippen LogP contribution in [0.3, 0.4) is 0 Å². The molecule has 9 nitrogen and oxygen atoms in total. The summed E-state index contributed by atoms with van der Waals surface area (Å²) in [5, 5.41) is 20.5. The first-order valence-corrected chi connectivity index (χ1v) is 8.41. The monoisotopic (exact) mass is 343 g/mol. The Morgan fingerprint density at radius 2 is 2.13 bits per heavy atom. The molecule has 0 amide bonds. The van der Waals surface area contributed by atoms with E-state index in [2.05, 4.69) is 4.72 Å². The van der Waals surface area contributed by atoms with Crippen molar-refractivity contribution in [2.75, 3.05) is 6.54 Å². The number of sulfonamides is 1. The third kappa shape index (κ3) is 3.33. The zero-order valence-electron chi connectivity index (χ0n) is 12.1. The van der Waals surface area contributed by atoms with E-state index in [-0.39, 0.29) is 25.3 Å². The van der Waals surface area contributed by atoms with Crippen LogP contribution in [-0.4, -0.2) is 36.5 Å². The van der Waals surface area contributed by atoms with Crippen LogP contribution in [0, 0.1) is 16.0 Å². The van der Waals surface area contributed by atoms with Crippen LogP contribution >= 0.6 is 0 Å². The lowest BCUT2D eigenvalue weighted by atomic mass is 9.98. The van der Waals surface area contributed by atoms with Gasteiger partial charge in [-0.3, -0.25) is 14.9 Å². The van der Waals surface area contributed by atoms with Crippen LogP contribution in [0.5, 0.6) is 0 Å². The van der Waals surface area contributed by atoms with E-state index in [9.17, 15) is 28.4 Å². The second kappa shape index (κ2) is 6.22. The van der Waals surface area contributed by atoms with Crippen molar-refractivity contribution in [3.8, 4) is 0 Å². The molecule has 1 saturated carbocycles. The van der Waals surface area contributed by atoms with Crippen LogP contribution < -0.4 is 10.5 Å². The lowest BCUT2D eigenvalue weighted by molar-refractivity contribution is -0.387. The number of aliphatic carboxylic acids is 1. The standard InChI is InChI=1S/C13H17N3O6S/c14-8-9-5-6-13(7-9,12(17)18)15-23(21,22)11-4-2-1-3-10(11)16(19)20/h1-4,9,15H,5-8,14H2,(H,17,18). The Morgan fingerprint density at radius 1 is 1.48 bits per heavy atom. The van der Waals surface area contributed by atoms with E-state index in [1.165, 1.54) is 12.1 Å². The first-order valence-electron chi connectivity index (χ1n) is 6.93. The number of nitrogens with zero attached hydrogens (tertiary/aromatic N) is 1. The molecule has 0 aromatic heterocycles. The molecular formula is C13H17N3O6S. The highest BCUT2D eigenvalue weighted by molar-refractivity contribution is 7.89. The molecule has 126 valence electrons. The molecule has 1 aliphatic rings. The van der Waals surface area contributed by atoms with Crippen molar-refractivity contribution in [2.24, 2.45) is 11.7 Å². The number of nitrogens with two attached hydrogens (primary N) is 1. The number of rotatable bonds is 6. The van der Waals surface area contributed by atoms with Gasteiger partial charge in [0.2, 0.25) is 10.0 Å². The third-order valence-electron chi connectivity index (χ3n) is 4.04. The molecule has 23 heavy (non-hydrogen) atoms. The Kier molecular flexibility index (Phi) is 4.68. The molecule has 2 atom stereocenters. The molecule has 0 bridgehead atoms. The zero-order chi connectivity index (χ0) is 17.3. The van der Waals surface area contributed by atoms with Crippen molar-refractivity contribution in [1.82, 2.24) is 4.72 Å². The third-order valence-corrected chi connectivity index (χ3v) is 5.62. The largest absolute Gasteiger partial charge is 0.480 e. The molecule has 1 aromatic carbocycles. The first-order chi connectivity index (χ1) is 10.7. The topological polar surface area (TPSA) is 153 Å². The van der Waals surface area contributed by atoms with Gasteiger partial charge in [0, 0.05) is 6.07 Å². The number of nitro benzene ring substituents is 1. The van der Waals surface area contributed by atoms with Crippen molar-refractivity contribution in [3.63, 3.8) is 0 Å². The summed E-state index contributed by atoms with van der Waals surface area (Å²) >= 11 is 0. The van der Waals surface area contributed by atoms with E-state index in [1.54, 1.807) is 0 Å². The van der Waals surface area contributed by atoms with Crippen LogP contribution in [0.4, 0.5) is 5.69 Å². The summed E-state index contributed by atoms with van der Waals surface area (Å²) in [7, 11) is -4.37. The zero-order valence-corrected chi connectivity index (χ0v) is 13.0. The smallest absolute Gasteiger partial charge is 0.324 e. The van der Waals surface area contributed by atoms with E-state index >= 15 is 0 Å². The highest BCUT2D eigenvalue weighted by Crippen LogP contribution is 2.36. The fourth-order valence-electron chi connectivity index (χ4n) is 2.83. The van der Waals surface area contributed by atoms with Gasteiger partial charge in [0.1, 0.15) is 5.54 Å². The average Bonchev–Trinajstić information content (AvgIpc) is 2.91. The predicted molar refractivity (Wildman–Crippen MR) is 80.2 cm³/mol. The van der Waals surface area contributed by atoms with E-state index in [1.807, 2.05) is 0 Å². The Bertz CT molecular complexity index is 735. The molecule has 0 radical (unpaired) electrons. The molecule has 1 fully saturated rings. The Labute approximate surface area is 132 Å². The second-order valence-electron chi connectivity index (χ2n) is 5.56. The van der Waals surface area contributed by atoms with E-state index in [4.69, 9.17) is 5.73 Å². The van der Waals surface area contributed by atoms with Gasteiger partial charge in [-0.2, -0.15) is 4.72 Å². The van der Waals surface area contributed by atoms with Crippen LogP contribution in [0.2, 0.25) is 0 Å². The minimum absolute atomic E-state index is 0.0543. The van der Waals surface area contributed by atoms with Gasteiger partial charge in [-0.15, -0.1) is 0 Å². The Balaban J connectivity index is 2.41. The molecule has 1 aromatic rings. The number of carboxylic acids is 1. The molecule has 1 aliphatic carbocycles. The van der Waals surface area contributed by atoms with Gasteiger partial charge in [0.25, 0.3) is 5.69 Å². The van der Waals surface area contributed by atoms with E-state index < -0.39 is 37.0 Å². The van der Waals surface area contributed by atoms with Gasteiger partial charge in [0.15, 0.2) is 4.90 Å². The molecule has 10 heteroatoms. The Hall–Kier alpha value is -2.04. The average molecular weight is 343 g/mol. The second-order valence-corrected chi connectivity index (χ2v) is 7.21. The number of carbonyl (C=O) groups is 1. The van der Waals surface area contributed by atoms with Gasteiger partial charge in [-0.05, 0) is 37.8 Å². The highest BCUT2D eigenvalue weighted by atomic mass is 32.2. The van der Waals surface area contributed by atoms with Gasteiger partial charge < -0.3 is 10.8 Å². The summed E-state index contributed by atoms with van der Waals surface area (Å²) in [5.41, 5.74) is 3.24. The number of benzene rings is 1. The van der Waals surface area contributed by atoms with Crippen LogP contribution in [0.25, 0.3) is 0 Å². The van der Waals surface area contributed by atoms with Crippen molar-refractivity contribution >= 4 is 21.7 Å². The minimum Gasteiger partial charge on any atom is -0.480 e. The maximum atomic E-state index is 12.5. The predicted octanol–water partition coefficient (Wildman–Crippen LogP) is 0.455. The first kappa shape index (κ1) is 17.3. The van der Waals surface area contributed by atoms with Crippen molar-refractivity contribution in [1.29, 1.82) is 0 Å². The summed E-state index contributed by atoms with van der Waals surface area (Å²) in [4.78, 5) is 21.2. The number of nitro groups is 1. The fraction of sp³-hybridized carbons (Fsp3) is 0.462. The normalized spacial score (nSPS) is 24.5. The van der Waals surface area contributed by atoms with Gasteiger partial charge in [-0.25, -0.2) is 8.42 Å². The molecule has 0 aliphatic heterocycles. The van der Waals surface area contributed by atoms with Crippen LogP contribution in [0.15, 0.2) is 29.2 Å². The molecule has 0 heterocycles. The van der Waals surface area contributed by atoms with Gasteiger partial charge >= 0.3 is 5.97 Å². The van der Waals surface area contributed by atoms with Gasteiger partial charge in [0.05, 0.1) is 4.92 Å². The Morgan fingerprint density at radius 3 is 2.65 bits per heavy atom. The van der Waals surface area contributed by atoms with Crippen molar-refractivity contribution in [3.05, 3.63) is 34.4 Å². The van der Waals surface area contributed by atoms with E-state index in [0.717, 1.165) is 12.1 Å². The molecular weight excluding hydrogens is 326 g/mol. The van der Waals surface area contributed by atoms with E-state index in [0.29, 0.717) is 6.42 Å². The molecule has 2 unspecified atom stereocenters. The highest BCUT2D eigenvalue weighted by Gasteiger charge is 2.48. The maximum Gasteiger partial charge on any atom is 0.324 e. The molecule has 2 rings (SSSR count). The van der Waals surface area contributed by atoms with Gasteiger partial charge in [-0.1, -0.05) is 12.1 Å². The summed E-state index contributed by atoms with van der Waals surface area (Å²) < 4.78 is 27.2. The quantitative estimate of drug-likeness (QED) is 0.501. The summed E-state index contributed by atoms with van der Waals surface area (Å²) in [6.07, 6.45) is 0.616. The molecule has 0 saturated heterocycles. The number of carboxylic acid groups (broad SMARTS) is 1. The molecule has 0 spiro atoms. The summed E-state index contributed by atoms with van der Waals surface area (Å²) in [5.74, 6) is -1.42. The van der Waals surface area contributed by atoms with Crippen molar-refractivity contribution in [2.45, 2.75) is 29.7 Å². The fourth-order valence-corrected chi connectivity index (χ4v) is 4.40. The number of hydrogen-bond acceptors (Lipinski definition) is 6. The van der Waals surface area contributed by atoms with Crippen molar-refractivity contribution < 1.29 is 23.2 Å². The van der Waals surface area contributed by atoms with Crippen LogP contribution in [0.1, 0.15) is 19.3 Å².